The first-order valence-corrected chi connectivity index (χ1v) is 4.16. The summed E-state index contributed by atoms with van der Waals surface area (Å²) in [4.78, 5) is 11.3. The van der Waals surface area contributed by atoms with Crippen LogP contribution in [-0.2, 0) is 0 Å². The van der Waals surface area contributed by atoms with Gasteiger partial charge in [0.1, 0.15) is 23.2 Å². The molecule has 2 rings (SSSR count). The van der Waals surface area contributed by atoms with Crippen molar-refractivity contribution >= 4 is 6.08 Å². The maximum Gasteiger partial charge on any atom is 0.346 e. The van der Waals surface area contributed by atoms with Gasteiger partial charge in [-0.15, -0.1) is 0 Å². The zero-order valence-corrected chi connectivity index (χ0v) is 7.53. The second-order valence-corrected chi connectivity index (χ2v) is 3.10. The Morgan fingerprint density at radius 3 is 3.00 bits per heavy atom. The fourth-order valence-electron chi connectivity index (χ4n) is 1.31. The lowest BCUT2D eigenvalue weighted by Gasteiger charge is -2.16. The van der Waals surface area contributed by atoms with Gasteiger partial charge in [0.2, 0.25) is 0 Å². The molecule has 3 nitrogen and oxygen atoms in total. The van der Waals surface area contributed by atoms with E-state index < -0.39 is 0 Å². The fourth-order valence-corrected chi connectivity index (χ4v) is 1.31. The van der Waals surface area contributed by atoms with Gasteiger partial charge in [-0.25, -0.2) is 4.79 Å². The predicted molar refractivity (Wildman–Crippen MR) is 48.8 cm³/mol. The van der Waals surface area contributed by atoms with Crippen molar-refractivity contribution < 1.29 is 9.15 Å². The average molecular weight is 178 g/mol. The molecule has 0 fully saturated rings. The van der Waals surface area contributed by atoms with Crippen LogP contribution in [0, 0.1) is 6.92 Å². The third-order valence-corrected chi connectivity index (χ3v) is 1.92. The largest absolute Gasteiger partial charge is 0.486 e. The van der Waals surface area contributed by atoms with E-state index in [4.69, 9.17) is 9.15 Å². The molecule has 0 saturated carbocycles. The van der Waals surface area contributed by atoms with Crippen LogP contribution in [0.25, 0.3) is 6.08 Å². The van der Waals surface area contributed by atoms with E-state index in [9.17, 15) is 4.79 Å². The fraction of sp³-hybridized carbons (Fsp3) is 0.300. The van der Waals surface area contributed by atoms with Crippen LogP contribution in [0.5, 0.6) is 5.75 Å². The van der Waals surface area contributed by atoms with E-state index in [0.717, 1.165) is 0 Å². The summed E-state index contributed by atoms with van der Waals surface area (Å²) in [6.45, 7) is 3.65. The maximum atomic E-state index is 11.3. The Labute approximate surface area is 75.6 Å². The van der Waals surface area contributed by atoms with Gasteiger partial charge >= 0.3 is 5.63 Å². The van der Waals surface area contributed by atoms with Gasteiger partial charge in [0.05, 0.1) is 0 Å². The van der Waals surface area contributed by atoms with Gasteiger partial charge in [-0.3, -0.25) is 0 Å². The minimum Gasteiger partial charge on any atom is -0.486 e. The standard InChI is InChI=1S/C10H10O3/c1-6-3-4-8-9(12-6)5-7(2)13-10(8)11/h3-6H,1-2H3/t6-/m1/s1. The Kier molecular flexibility index (Phi) is 1.72. The zero-order valence-electron chi connectivity index (χ0n) is 7.53. The molecule has 3 heteroatoms. The highest BCUT2D eigenvalue weighted by Crippen LogP contribution is 2.23. The smallest absolute Gasteiger partial charge is 0.346 e. The average Bonchev–Trinajstić information content (AvgIpc) is 2.02. The van der Waals surface area contributed by atoms with Gasteiger partial charge in [-0.2, -0.15) is 0 Å². The Morgan fingerprint density at radius 1 is 1.46 bits per heavy atom. The van der Waals surface area contributed by atoms with Crippen molar-refractivity contribution in [1.82, 2.24) is 0 Å². The van der Waals surface area contributed by atoms with Gasteiger partial charge in [-0.05, 0) is 26.0 Å². The minimum atomic E-state index is -0.335. The number of ether oxygens (including phenoxy) is 1. The number of hydrogen-bond donors (Lipinski definition) is 0. The summed E-state index contributed by atoms with van der Waals surface area (Å²) in [7, 11) is 0. The molecular weight excluding hydrogens is 168 g/mol. The van der Waals surface area contributed by atoms with Crippen molar-refractivity contribution in [2.45, 2.75) is 20.0 Å². The molecule has 0 saturated heterocycles. The van der Waals surface area contributed by atoms with E-state index in [1.54, 1.807) is 19.1 Å². The normalized spacial score (nSPS) is 19.4. The molecule has 68 valence electrons. The van der Waals surface area contributed by atoms with Crippen LogP contribution < -0.4 is 10.4 Å². The monoisotopic (exact) mass is 178 g/mol. The van der Waals surface area contributed by atoms with Gasteiger partial charge < -0.3 is 9.15 Å². The Balaban J connectivity index is 2.63. The molecule has 0 amide bonds. The summed E-state index contributed by atoms with van der Waals surface area (Å²) < 4.78 is 10.4. The second-order valence-electron chi connectivity index (χ2n) is 3.10. The summed E-state index contributed by atoms with van der Waals surface area (Å²) in [5, 5.41) is 0. The number of hydrogen-bond acceptors (Lipinski definition) is 3. The van der Waals surface area contributed by atoms with Crippen molar-refractivity contribution in [1.29, 1.82) is 0 Å². The van der Waals surface area contributed by atoms with Crippen molar-refractivity contribution in [2.24, 2.45) is 0 Å². The molecule has 0 unspecified atom stereocenters. The predicted octanol–water partition coefficient (Wildman–Crippen LogP) is 1.74. The van der Waals surface area contributed by atoms with Crippen LogP contribution in [0.15, 0.2) is 21.4 Å². The highest BCUT2D eigenvalue weighted by molar-refractivity contribution is 5.58. The number of fused-ring (bicyclic) bond motifs is 1. The topological polar surface area (TPSA) is 39.4 Å². The highest BCUT2D eigenvalue weighted by Gasteiger charge is 2.15. The molecule has 0 N–H and O–H groups in total. The van der Waals surface area contributed by atoms with Crippen molar-refractivity contribution in [2.75, 3.05) is 0 Å². The van der Waals surface area contributed by atoms with E-state index in [2.05, 4.69) is 0 Å². The van der Waals surface area contributed by atoms with Crippen molar-refractivity contribution in [3.05, 3.63) is 33.9 Å². The molecular formula is C10H10O3. The molecule has 0 aromatic carbocycles. The quantitative estimate of drug-likeness (QED) is 0.607. The van der Waals surface area contributed by atoms with Crippen LogP contribution in [-0.4, -0.2) is 6.10 Å². The second kappa shape index (κ2) is 2.76. The Hall–Kier alpha value is -1.51. The first-order chi connectivity index (χ1) is 6.16. The van der Waals surface area contributed by atoms with Crippen molar-refractivity contribution in [3.63, 3.8) is 0 Å². The van der Waals surface area contributed by atoms with Gasteiger partial charge in [-0.1, -0.05) is 0 Å². The summed E-state index contributed by atoms with van der Waals surface area (Å²) >= 11 is 0. The van der Waals surface area contributed by atoms with Crippen LogP contribution in [0.4, 0.5) is 0 Å². The van der Waals surface area contributed by atoms with Crippen LogP contribution >= 0.6 is 0 Å². The van der Waals surface area contributed by atoms with E-state index >= 15 is 0 Å². The molecule has 0 aliphatic carbocycles. The van der Waals surface area contributed by atoms with E-state index in [-0.39, 0.29) is 11.7 Å². The molecule has 1 atom stereocenters. The molecule has 13 heavy (non-hydrogen) atoms. The van der Waals surface area contributed by atoms with Gasteiger partial charge in [0.15, 0.2) is 0 Å². The third kappa shape index (κ3) is 1.37. The zero-order chi connectivity index (χ0) is 9.42. The summed E-state index contributed by atoms with van der Waals surface area (Å²) in [6, 6.07) is 1.73. The van der Waals surface area contributed by atoms with E-state index in [1.165, 1.54) is 0 Å². The lowest BCUT2D eigenvalue weighted by Crippen LogP contribution is -2.17. The Bertz CT molecular complexity index is 415. The number of aryl methyl sites for hydroxylation is 1. The third-order valence-electron chi connectivity index (χ3n) is 1.92. The van der Waals surface area contributed by atoms with Crippen LogP contribution in [0.3, 0.4) is 0 Å². The molecule has 1 aromatic rings. The first kappa shape index (κ1) is 8.10. The molecule has 0 bridgehead atoms. The van der Waals surface area contributed by atoms with Crippen LogP contribution in [0.1, 0.15) is 18.2 Å². The number of rotatable bonds is 0. The van der Waals surface area contributed by atoms with E-state index in [0.29, 0.717) is 17.1 Å². The Morgan fingerprint density at radius 2 is 2.23 bits per heavy atom. The van der Waals surface area contributed by atoms with Crippen LogP contribution in [0.2, 0.25) is 0 Å². The lowest BCUT2D eigenvalue weighted by molar-refractivity contribution is 0.261. The SMILES string of the molecule is Cc1cc2c(c(=O)o1)C=C[C@@H](C)O2. The minimum absolute atomic E-state index is 0.0219. The molecule has 1 aromatic heterocycles. The molecule has 1 aliphatic rings. The lowest BCUT2D eigenvalue weighted by atomic mass is 10.1. The molecule has 2 heterocycles. The van der Waals surface area contributed by atoms with Gasteiger partial charge in [0, 0.05) is 6.07 Å². The highest BCUT2D eigenvalue weighted by atomic mass is 16.5. The molecule has 1 aliphatic heterocycles. The molecule has 0 radical (unpaired) electrons. The van der Waals surface area contributed by atoms with Gasteiger partial charge in [0.25, 0.3) is 0 Å². The summed E-state index contributed by atoms with van der Waals surface area (Å²) in [6.07, 6.45) is 3.59. The molecule has 0 spiro atoms. The van der Waals surface area contributed by atoms with Crippen molar-refractivity contribution in [3.8, 4) is 5.75 Å². The maximum absolute atomic E-state index is 11.3. The summed E-state index contributed by atoms with van der Waals surface area (Å²) in [5.74, 6) is 1.19. The summed E-state index contributed by atoms with van der Waals surface area (Å²) in [5.41, 5.74) is 0.168. The first-order valence-electron chi connectivity index (χ1n) is 4.16. The van der Waals surface area contributed by atoms with E-state index in [1.807, 2.05) is 13.0 Å².